The summed E-state index contributed by atoms with van der Waals surface area (Å²) in [6.45, 7) is 5.64. The predicted molar refractivity (Wildman–Crippen MR) is 103 cm³/mol. The molecule has 0 fully saturated rings. The van der Waals surface area contributed by atoms with Gasteiger partial charge in [0.15, 0.2) is 0 Å². The van der Waals surface area contributed by atoms with E-state index in [4.69, 9.17) is 11.6 Å². The van der Waals surface area contributed by atoms with Gasteiger partial charge in [-0.25, -0.2) is 0 Å². The predicted octanol–water partition coefficient (Wildman–Crippen LogP) is 4.38. The first-order valence-corrected chi connectivity index (χ1v) is 8.33. The van der Waals surface area contributed by atoms with Crippen molar-refractivity contribution < 1.29 is 9.59 Å². The number of hydrogen-bond acceptors (Lipinski definition) is 3. The van der Waals surface area contributed by atoms with Crippen LogP contribution in [0.5, 0.6) is 0 Å². The first-order valence-electron chi connectivity index (χ1n) is 7.95. The van der Waals surface area contributed by atoms with Crippen LogP contribution in [0.15, 0.2) is 48.5 Å². The quantitative estimate of drug-likeness (QED) is 0.742. The third-order valence-corrected chi connectivity index (χ3v) is 3.60. The number of halogens is 1. The lowest BCUT2D eigenvalue weighted by Crippen LogP contribution is -2.27. The molecule has 3 N–H and O–H groups in total. The van der Waals surface area contributed by atoms with Crippen LogP contribution in [0.2, 0.25) is 5.02 Å². The fraction of sp³-hybridized carbons (Fsp3) is 0.263. The lowest BCUT2D eigenvalue weighted by Gasteiger charge is -2.18. The Balaban J connectivity index is 1.92. The van der Waals surface area contributed by atoms with Crippen molar-refractivity contribution in [3.63, 3.8) is 0 Å². The molecule has 0 heterocycles. The fourth-order valence-electron chi connectivity index (χ4n) is 1.98. The number of anilines is 3. The molecular formula is C19H22ClN3O2. The van der Waals surface area contributed by atoms with Gasteiger partial charge < -0.3 is 16.0 Å². The highest BCUT2D eigenvalue weighted by Gasteiger charge is 2.21. The van der Waals surface area contributed by atoms with Crippen molar-refractivity contribution in [2.45, 2.75) is 20.8 Å². The summed E-state index contributed by atoms with van der Waals surface area (Å²) in [4.78, 5) is 24.1. The van der Waals surface area contributed by atoms with Gasteiger partial charge >= 0.3 is 0 Å². The Morgan fingerprint density at radius 1 is 0.920 bits per heavy atom. The van der Waals surface area contributed by atoms with Crippen molar-refractivity contribution in [1.82, 2.24) is 0 Å². The third-order valence-electron chi connectivity index (χ3n) is 3.36. The summed E-state index contributed by atoms with van der Waals surface area (Å²) < 4.78 is 0. The van der Waals surface area contributed by atoms with E-state index >= 15 is 0 Å². The zero-order valence-corrected chi connectivity index (χ0v) is 15.3. The van der Waals surface area contributed by atoms with Crippen molar-refractivity contribution in [2.75, 3.05) is 22.5 Å². The lowest BCUT2D eigenvalue weighted by molar-refractivity contribution is -0.123. The molecule has 0 atom stereocenters. The van der Waals surface area contributed by atoms with Crippen molar-refractivity contribution >= 4 is 40.5 Å². The Bertz CT molecular complexity index is 769. The number of benzene rings is 2. The molecule has 132 valence electrons. The largest absolute Gasteiger partial charge is 0.376 e. The third kappa shape index (κ3) is 6.12. The van der Waals surface area contributed by atoms with E-state index in [1.54, 1.807) is 36.4 Å². The second-order valence-electron chi connectivity index (χ2n) is 6.70. The Hall–Kier alpha value is -2.53. The maximum absolute atomic E-state index is 12.1. The maximum Gasteiger partial charge on any atom is 0.243 e. The molecule has 0 saturated carbocycles. The van der Waals surface area contributed by atoms with Crippen LogP contribution in [0.25, 0.3) is 0 Å². The van der Waals surface area contributed by atoms with E-state index < -0.39 is 5.41 Å². The molecule has 0 aliphatic carbocycles. The van der Waals surface area contributed by atoms with Crippen LogP contribution in [0.1, 0.15) is 20.8 Å². The Morgan fingerprint density at radius 3 is 2.16 bits per heavy atom. The van der Waals surface area contributed by atoms with Crippen LogP contribution >= 0.6 is 11.6 Å². The smallest absolute Gasteiger partial charge is 0.243 e. The zero-order chi connectivity index (χ0) is 18.4. The molecule has 0 unspecified atom stereocenters. The summed E-state index contributed by atoms with van der Waals surface area (Å²) in [7, 11) is 0. The number of hydrogen-bond donors (Lipinski definition) is 3. The monoisotopic (exact) mass is 359 g/mol. The van der Waals surface area contributed by atoms with Crippen LogP contribution in [0.3, 0.4) is 0 Å². The molecule has 2 aromatic carbocycles. The van der Waals surface area contributed by atoms with Crippen molar-refractivity contribution in [3.05, 3.63) is 53.6 Å². The average Bonchev–Trinajstić information content (AvgIpc) is 2.52. The van der Waals surface area contributed by atoms with Gasteiger partial charge in [-0.05, 0) is 36.4 Å². The molecule has 5 nitrogen and oxygen atoms in total. The number of carbonyl (C=O) groups excluding carboxylic acids is 2. The van der Waals surface area contributed by atoms with Gasteiger partial charge in [-0.3, -0.25) is 9.59 Å². The summed E-state index contributed by atoms with van der Waals surface area (Å²) >= 11 is 5.91. The second kappa shape index (κ2) is 8.03. The van der Waals surface area contributed by atoms with Gasteiger partial charge in [-0.15, -0.1) is 0 Å². The van der Waals surface area contributed by atoms with E-state index in [0.717, 1.165) is 5.69 Å². The van der Waals surface area contributed by atoms with E-state index in [9.17, 15) is 9.59 Å². The number of nitrogens with one attached hydrogen (secondary N) is 3. The topological polar surface area (TPSA) is 70.2 Å². The highest BCUT2D eigenvalue weighted by atomic mass is 35.5. The molecule has 0 radical (unpaired) electrons. The number of carbonyl (C=O) groups is 2. The second-order valence-corrected chi connectivity index (χ2v) is 7.13. The molecule has 2 aromatic rings. The molecular weight excluding hydrogens is 338 g/mol. The molecule has 6 heteroatoms. The first-order chi connectivity index (χ1) is 11.7. The summed E-state index contributed by atoms with van der Waals surface area (Å²) in [5.74, 6) is -0.280. The number of amides is 2. The number of rotatable bonds is 5. The van der Waals surface area contributed by atoms with Gasteiger partial charge in [-0.2, -0.15) is 0 Å². The van der Waals surface area contributed by atoms with Gasteiger partial charge in [0.1, 0.15) is 0 Å². The van der Waals surface area contributed by atoms with Gasteiger partial charge in [0, 0.05) is 27.5 Å². The normalized spacial score (nSPS) is 10.9. The highest BCUT2D eigenvalue weighted by molar-refractivity contribution is 6.30. The summed E-state index contributed by atoms with van der Waals surface area (Å²) in [6, 6.07) is 14.2. The molecule has 0 aromatic heterocycles. The van der Waals surface area contributed by atoms with E-state index in [2.05, 4.69) is 16.0 Å². The Kier molecular flexibility index (Phi) is 6.04. The lowest BCUT2D eigenvalue weighted by atomic mass is 9.95. The van der Waals surface area contributed by atoms with E-state index in [0.29, 0.717) is 16.4 Å². The Labute approximate surface area is 152 Å². The van der Waals surface area contributed by atoms with E-state index in [-0.39, 0.29) is 18.4 Å². The molecule has 0 saturated heterocycles. The van der Waals surface area contributed by atoms with Crippen LogP contribution in [-0.2, 0) is 9.59 Å². The molecule has 2 amide bonds. The minimum Gasteiger partial charge on any atom is -0.376 e. The standard InChI is InChI=1S/C19H22ClN3O2/c1-19(2,3)18(25)23-16-9-5-8-15(11-16)22-17(24)12-21-14-7-4-6-13(20)10-14/h4-11,21H,12H2,1-3H3,(H,22,24)(H,23,25). The SMILES string of the molecule is CC(C)(C)C(=O)Nc1cccc(NC(=O)CNc2cccc(Cl)c2)c1. The van der Waals surface area contributed by atoms with Gasteiger partial charge in [0.25, 0.3) is 0 Å². The van der Waals surface area contributed by atoms with Crippen LogP contribution in [0.4, 0.5) is 17.1 Å². The van der Waals surface area contributed by atoms with Gasteiger partial charge in [0.2, 0.25) is 11.8 Å². The van der Waals surface area contributed by atoms with Crippen LogP contribution in [0, 0.1) is 5.41 Å². The van der Waals surface area contributed by atoms with E-state index in [1.165, 1.54) is 0 Å². The first kappa shape index (κ1) is 18.8. The van der Waals surface area contributed by atoms with Crippen molar-refractivity contribution in [3.8, 4) is 0 Å². The molecule has 2 rings (SSSR count). The fourth-order valence-corrected chi connectivity index (χ4v) is 2.17. The highest BCUT2D eigenvalue weighted by Crippen LogP contribution is 2.20. The summed E-state index contributed by atoms with van der Waals surface area (Å²) in [5.41, 5.74) is 1.54. The zero-order valence-electron chi connectivity index (χ0n) is 14.5. The maximum atomic E-state index is 12.1. The molecule has 25 heavy (non-hydrogen) atoms. The van der Waals surface area contributed by atoms with Gasteiger partial charge in [-0.1, -0.05) is 44.5 Å². The van der Waals surface area contributed by atoms with Crippen LogP contribution in [-0.4, -0.2) is 18.4 Å². The average molecular weight is 360 g/mol. The van der Waals surface area contributed by atoms with Crippen molar-refractivity contribution in [1.29, 1.82) is 0 Å². The molecule has 0 bridgehead atoms. The van der Waals surface area contributed by atoms with Crippen LogP contribution < -0.4 is 16.0 Å². The summed E-state index contributed by atoms with van der Waals surface area (Å²) in [6.07, 6.45) is 0. The van der Waals surface area contributed by atoms with Crippen molar-refractivity contribution in [2.24, 2.45) is 5.41 Å². The minimum absolute atomic E-state index is 0.0846. The van der Waals surface area contributed by atoms with E-state index in [1.807, 2.05) is 32.9 Å². The Morgan fingerprint density at radius 2 is 1.52 bits per heavy atom. The molecule has 0 aliphatic rings. The molecule has 0 spiro atoms. The van der Waals surface area contributed by atoms with Gasteiger partial charge in [0.05, 0.1) is 6.54 Å². The summed E-state index contributed by atoms with van der Waals surface area (Å²) in [5, 5.41) is 9.24. The molecule has 0 aliphatic heterocycles. The minimum atomic E-state index is -0.486.